The summed E-state index contributed by atoms with van der Waals surface area (Å²) in [5.74, 6) is -0.179. The Morgan fingerprint density at radius 3 is 3.11 bits per heavy atom. The summed E-state index contributed by atoms with van der Waals surface area (Å²) in [4.78, 5) is 15.4. The topological polar surface area (TPSA) is 51.2 Å². The minimum atomic E-state index is -0.179. The number of benzene rings is 1. The van der Waals surface area contributed by atoms with Gasteiger partial charge in [-0.15, -0.1) is 0 Å². The first-order valence-corrected chi connectivity index (χ1v) is 6.85. The Kier molecular flexibility index (Phi) is 4.74. The molecule has 0 radical (unpaired) electrons. The van der Waals surface area contributed by atoms with E-state index >= 15 is 0 Å². The van der Waals surface area contributed by atoms with Crippen molar-refractivity contribution in [1.82, 2.24) is 4.98 Å². The summed E-state index contributed by atoms with van der Waals surface area (Å²) in [6.07, 6.45) is 2.94. The third kappa shape index (κ3) is 3.67. The lowest BCUT2D eigenvalue weighted by Gasteiger charge is -2.08. The molecule has 2 rings (SSSR count). The second-order valence-electron chi connectivity index (χ2n) is 4.14. The van der Waals surface area contributed by atoms with E-state index in [9.17, 15) is 4.79 Å². The standard InChI is InChI=1S/C14H15BrN2O2/c1-19-13(18)6-3-7-16-12-5-2-4-10-8-11(15)9-17-14(10)12/h2,4-5,8-9,16H,3,6-7H2,1H3. The molecule has 0 atom stereocenters. The van der Waals surface area contributed by atoms with Crippen molar-refractivity contribution in [3.05, 3.63) is 34.9 Å². The minimum absolute atomic E-state index is 0.179. The molecule has 0 spiro atoms. The van der Waals surface area contributed by atoms with Crippen molar-refractivity contribution in [3.63, 3.8) is 0 Å². The number of ether oxygens (including phenoxy) is 1. The van der Waals surface area contributed by atoms with E-state index in [1.54, 1.807) is 6.20 Å². The first kappa shape index (κ1) is 13.8. The smallest absolute Gasteiger partial charge is 0.305 e. The highest BCUT2D eigenvalue weighted by molar-refractivity contribution is 9.10. The third-order valence-electron chi connectivity index (χ3n) is 2.78. The molecule has 0 aliphatic carbocycles. The van der Waals surface area contributed by atoms with Crippen LogP contribution in [0.1, 0.15) is 12.8 Å². The van der Waals surface area contributed by atoms with Gasteiger partial charge in [-0.1, -0.05) is 12.1 Å². The van der Waals surface area contributed by atoms with Gasteiger partial charge in [0, 0.05) is 29.0 Å². The van der Waals surface area contributed by atoms with Crippen LogP contribution in [0.15, 0.2) is 34.9 Å². The Hall–Kier alpha value is -1.62. The SMILES string of the molecule is COC(=O)CCCNc1cccc2cc(Br)cnc12. The Bertz CT molecular complexity index is 587. The van der Waals surface area contributed by atoms with Gasteiger partial charge in [0.25, 0.3) is 0 Å². The van der Waals surface area contributed by atoms with E-state index in [4.69, 9.17) is 0 Å². The van der Waals surface area contributed by atoms with Gasteiger partial charge in [-0.25, -0.2) is 0 Å². The number of carbonyl (C=O) groups excluding carboxylic acids is 1. The maximum atomic E-state index is 11.0. The van der Waals surface area contributed by atoms with E-state index in [1.165, 1.54) is 7.11 Å². The number of anilines is 1. The molecule has 1 aromatic carbocycles. The van der Waals surface area contributed by atoms with Crippen LogP contribution < -0.4 is 5.32 Å². The number of esters is 1. The van der Waals surface area contributed by atoms with E-state index < -0.39 is 0 Å². The summed E-state index contributed by atoms with van der Waals surface area (Å²) in [5, 5.41) is 4.38. The van der Waals surface area contributed by atoms with Crippen molar-refractivity contribution in [2.24, 2.45) is 0 Å². The largest absolute Gasteiger partial charge is 0.469 e. The molecule has 0 saturated heterocycles. The van der Waals surface area contributed by atoms with Crippen molar-refractivity contribution in [3.8, 4) is 0 Å². The van der Waals surface area contributed by atoms with Crippen LogP contribution in [0.3, 0.4) is 0 Å². The predicted octanol–water partition coefficient (Wildman–Crippen LogP) is 3.36. The number of carbonyl (C=O) groups is 1. The Balaban J connectivity index is 2.02. The number of nitrogens with one attached hydrogen (secondary N) is 1. The molecule has 1 aromatic heterocycles. The van der Waals surface area contributed by atoms with Gasteiger partial charge in [-0.3, -0.25) is 9.78 Å². The van der Waals surface area contributed by atoms with Gasteiger partial charge < -0.3 is 10.1 Å². The molecule has 2 aromatic rings. The lowest BCUT2D eigenvalue weighted by atomic mass is 10.2. The molecule has 4 nitrogen and oxygen atoms in total. The average Bonchev–Trinajstić information content (AvgIpc) is 2.42. The van der Waals surface area contributed by atoms with Gasteiger partial charge in [-0.2, -0.15) is 0 Å². The number of fused-ring (bicyclic) bond motifs is 1. The Labute approximate surface area is 120 Å². The number of hydrogen-bond acceptors (Lipinski definition) is 4. The molecule has 19 heavy (non-hydrogen) atoms. The molecule has 0 fully saturated rings. The van der Waals surface area contributed by atoms with Crippen LogP contribution in [0, 0.1) is 0 Å². The molecule has 0 unspecified atom stereocenters. The summed E-state index contributed by atoms with van der Waals surface area (Å²) < 4.78 is 5.56. The molecule has 1 heterocycles. The van der Waals surface area contributed by atoms with Crippen molar-refractivity contribution < 1.29 is 9.53 Å². The third-order valence-corrected chi connectivity index (χ3v) is 3.21. The highest BCUT2D eigenvalue weighted by Crippen LogP contribution is 2.23. The van der Waals surface area contributed by atoms with Crippen LogP contribution >= 0.6 is 15.9 Å². The number of methoxy groups -OCH3 is 1. The maximum Gasteiger partial charge on any atom is 0.305 e. The molecule has 5 heteroatoms. The molecule has 0 saturated carbocycles. The van der Waals surface area contributed by atoms with Crippen LogP contribution in [0.25, 0.3) is 10.9 Å². The molecule has 0 amide bonds. The molecule has 1 N–H and O–H groups in total. The fraction of sp³-hybridized carbons (Fsp3) is 0.286. The van der Waals surface area contributed by atoms with E-state index in [2.05, 4.69) is 31.0 Å². The summed E-state index contributed by atoms with van der Waals surface area (Å²) in [7, 11) is 1.41. The lowest BCUT2D eigenvalue weighted by Crippen LogP contribution is -2.07. The second kappa shape index (κ2) is 6.52. The van der Waals surface area contributed by atoms with E-state index in [-0.39, 0.29) is 5.97 Å². The lowest BCUT2D eigenvalue weighted by molar-refractivity contribution is -0.140. The van der Waals surface area contributed by atoms with Crippen LogP contribution in [-0.2, 0) is 9.53 Å². The van der Waals surface area contributed by atoms with Gasteiger partial charge >= 0.3 is 5.97 Å². The van der Waals surface area contributed by atoms with E-state index in [0.717, 1.165) is 27.5 Å². The minimum Gasteiger partial charge on any atom is -0.469 e. The first-order chi connectivity index (χ1) is 9.20. The summed E-state index contributed by atoms with van der Waals surface area (Å²) in [6, 6.07) is 8.02. The average molecular weight is 323 g/mol. The predicted molar refractivity (Wildman–Crippen MR) is 79.2 cm³/mol. The molecule has 0 aliphatic heterocycles. The van der Waals surface area contributed by atoms with Crippen LogP contribution in [0.5, 0.6) is 0 Å². The zero-order valence-corrected chi connectivity index (χ0v) is 12.2. The van der Waals surface area contributed by atoms with E-state index in [0.29, 0.717) is 13.0 Å². The maximum absolute atomic E-state index is 11.0. The normalized spacial score (nSPS) is 10.4. The van der Waals surface area contributed by atoms with Crippen LogP contribution in [-0.4, -0.2) is 24.6 Å². The molecular formula is C14H15BrN2O2. The van der Waals surface area contributed by atoms with Crippen LogP contribution in [0.4, 0.5) is 5.69 Å². The van der Waals surface area contributed by atoms with Crippen molar-refractivity contribution in [2.75, 3.05) is 19.0 Å². The van der Waals surface area contributed by atoms with Gasteiger partial charge in [0.2, 0.25) is 0 Å². The highest BCUT2D eigenvalue weighted by Gasteiger charge is 2.03. The number of rotatable bonds is 5. The zero-order chi connectivity index (χ0) is 13.7. The first-order valence-electron chi connectivity index (χ1n) is 6.05. The Morgan fingerprint density at radius 2 is 2.32 bits per heavy atom. The highest BCUT2D eigenvalue weighted by atomic mass is 79.9. The molecule has 100 valence electrons. The fourth-order valence-corrected chi connectivity index (χ4v) is 2.18. The second-order valence-corrected chi connectivity index (χ2v) is 5.05. The molecular weight excluding hydrogens is 308 g/mol. The van der Waals surface area contributed by atoms with Gasteiger partial charge in [-0.05, 0) is 34.5 Å². The van der Waals surface area contributed by atoms with Crippen LogP contribution in [0.2, 0.25) is 0 Å². The zero-order valence-electron chi connectivity index (χ0n) is 10.6. The number of hydrogen-bond donors (Lipinski definition) is 1. The molecule has 0 bridgehead atoms. The number of halogens is 1. The van der Waals surface area contributed by atoms with Gasteiger partial charge in [0.05, 0.1) is 18.3 Å². The van der Waals surface area contributed by atoms with Gasteiger partial charge in [0.15, 0.2) is 0 Å². The number of aromatic nitrogens is 1. The van der Waals surface area contributed by atoms with E-state index in [1.807, 2.05) is 24.3 Å². The number of nitrogens with zero attached hydrogens (tertiary/aromatic N) is 1. The number of para-hydroxylation sites is 1. The van der Waals surface area contributed by atoms with Crippen molar-refractivity contribution >= 4 is 38.5 Å². The summed E-state index contributed by atoms with van der Waals surface area (Å²) >= 11 is 3.41. The van der Waals surface area contributed by atoms with Crippen molar-refractivity contribution in [1.29, 1.82) is 0 Å². The molecule has 0 aliphatic rings. The Morgan fingerprint density at radius 1 is 1.47 bits per heavy atom. The number of pyridine rings is 1. The summed E-state index contributed by atoms with van der Waals surface area (Å²) in [6.45, 7) is 0.714. The van der Waals surface area contributed by atoms with Crippen molar-refractivity contribution in [2.45, 2.75) is 12.8 Å². The van der Waals surface area contributed by atoms with Gasteiger partial charge in [0.1, 0.15) is 0 Å². The fourth-order valence-electron chi connectivity index (χ4n) is 1.83. The summed E-state index contributed by atoms with van der Waals surface area (Å²) in [5.41, 5.74) is 1.92. The monoisotopic (exact) mass is 322 g/mol. The quantitative estimate of drug-likeness (QED) is 0.677.